The van der Waals surface area contributed by atoms with Crippen LogP contribution in [0.3, 0.4) is 0 Å². The molecule has 6 heteroatoms. The van der Waals surface area contributed by atoms with Gasteiger partial charge in [0.1, 0.15) is 5.82 Å². The van der Waals surface area contributed by atoms with E-state index in [-0.39, 0.29) is 11.5 Å². The summed E-state index contributed by atoms with van der Waals surface area (Å²) in [6.07, 6.45) is 5.42. The Labute approximate surface area is 202 Å². The normalized spacial score (nSPS) is 12.1. The smallest absolute Gasteiger partial charge is 0.266 e. The lowest BCUT2D eigenvalue weighted by molar-refractivity contribution is -0.134. The maximum atomic E-state index is 13.8. The van der Waals surface area contributed by atoms with Crippen LogP contribution in [0.4, 0.5) is 0 Å². The van der Waals surface area contributed by atoms with Gasteiger partial charge >= 0.3 is 0 Å². The number of carbonyl (C=O) groups excluding carboxylic acids is 1. The third-order valence-corrected chi connectivity index (χ3v) is 6.36. The fourth-order valence-corrected chi connectivity index (χ4v) is 4.40. The fourth-order valence-electron chi connectivity index (χ4n) is 4.40. The molecule has 0 spiro atoms. The number of carbonyl (C=O) groups is 1. The van der Waals surface area contributed by atoms with E-state index >= 15 is 0 Å². The molecule has 0 bridgehead atoms. The number of ether oxygens (including phenoxy) is 1. The first-order valence-corrected chi connectivity index (χ1v) is 12.4. The van der Waals surface area contributed by atoms with E-state index in [9.17, 15) is 9.59 Å². The number of nitrogens with zero attached hydrogens (tertiary/aromatic N) is 3. The van der Waals surface area contributed by atoms with Gasteiger partial charge in [-0.15, -0.1) is 0 Å². The number of aryl methyl sites for hydroxylation is 1. The number of hydrogen-bond acceptors (Lipinski definition) is 4. The maximum absolute atomic E-state index is 13.8. The molecule has 0 saturated heterocycles. The van der Waals surface area contributed by atoms with Gasteiger partial charge in [0.2, 0.25) is 5.91 Å². The summed E-state index contributed by atoms with van der Waals surface area (Å²) in [7, 11) is 1.64. The van der Waals surface area contributed by atoms with Crippen molar-refractivity contribution in [2.45, 2.75) is 65.3 Å². The molecule has 182 valence electrons. The van der Waals surface area contributed by atoms with Gasteiger partial charge in [-0.25, -0.2) is 4.98 Å². The lowest BCUT2D eigenvalue weighted by Gasteiger charge is -2.31. The van der Waals surface area contributed by atoms with Crippen LogP contribution in [0.2, 0.25) is 0 Å². The molecule has 3 aromatic rings. The van der Waals surface area contributed by atoms with E-state index in [1.165, 1.54) is 0 Å². The molecule has 0 fully saturated rings. The topological polar surface area (TPSA) is 64.4 Å². The van der Waals surface area contributed by atoms with Gasteiger partial charge in [-0.1, -0.05) is 63.4 Å². The first-order chi connectivity index (χ1) is 16.5. The highest BCUT2D eigenvalue weighted by atomic mass is 16.5. The Hall–Kier alpha value is -2.99. The highest BCUT2D eigenvalue weighted by Gasteiger charge is 2.27. The third-order valence-electron chi connectivity index (χ3n) is 6.36. The van der Waals surface area contributed by atoms with Crippen LogP contribution in [-0.4, -0.2) is 40.6 Å². The molecule has 6 nitrogen and oxygen atoms in total. The Balaban J connectivity index is 2.13. The third kappa shape index (κ3) is 5.73. The zero-order chi connectivity index (χ0) is 24.5. The minimum absolute atomic E-state index is 0.0680. The predicted octanol–water partition coefficient (Wildman–Crippen LogP) is 5.45. The molecular formula is C28H37N3O3. The molecule has 2 aromatic carbocycles. The average Bonchev–Trinajstić information content (AvgIpc) is 2.86. The average molecular weight is 464 g/mol. The van der Waals surface area contributed by atoms with Crippen molar-refractivity contribution in [3.8, 4) is 5.69 Å². The molecule has 0 aliphatic carbocycles. The molecule has 1 aromatic heterocycles. The zero-order valence-corrected chi connectivity index (χ0v) is 20.9. The highest BCUT2D eigenvalue weighted by Crippen LogP contribution is 2.25. The summed E-state index contributed by atoms with van der Waals surface area (Å²) in [5.41, 5.74) is 2.40. The molecule has 0 N–H and O–H groups in total. The Bertz CT molecular complexity index is 1160. The standard InChI is InChI=1S/C28H37N3O3/c1-5-7-8-9-18-26(32)30(19-20-34-4)21(3)27-29-24-16-12-11-15-23(24)28(33)31(27)25-17-13-10-14-22(25)6-2/h10-17,21H,5-9,18-20H2,1-4H3. The summed E-state index contributed by atoms with van der Waals surface area (Å²) in [5, 5.41) is 0.568. The van der Waals surface area contributed by atoms with Gasteiger partial charge < -0.3 is 9.64 Å². The number of methoxy groups -OCH3 is 1. The Morgan fingerprint density at radius 3 is 2.53 bits per heavy atom. The molecule has 1 unspecified atom stereocenters. The minimum atomic E-state index is -0.393. The van der Waals surface area contributed by atoms with Crippen LogP contribution in [0.25, 0.3) is 16.6 Å². The second kappa shape index (κ2) is 12.5. The van der Waals surface area contributed by atoms with Gasteiger partial charge in [0.15, 0.2) is 0 Å². The zero-order valence-electron chi connectivity index (χ0n) is 20.9. The van der Waals surface area contributed by atoms with E-state index < -0.39 is 6.04 Å². The van der Waals surface area contributed by atoms with Crippen LogP contribution in [0, 0.1) is 0 Å². The van der Waals surface area contributed by atoms with Crippen molar-refractivity contribution in [2.24, 2.45) is 0 Å². The Morgan fingerprint density at radius 2 is 1.79 bits per heavy atom. The van der Waals surface area contributed by atoms with Crippen molar-refractivity contribution < 1.29 is 9.53 Å². The highest BCUT2D eigenvalue weighted by molar-refractivity contribution is 5.79. The number of aromatic nitrogens is 2. The van der Waals surface area contributed by atoms with Gasteiger partial charge in [0, 0.05) is 20.1 Å². The van der Waals surface area contributed by atoms with Gasteiger partial charge in [-0.2, -0.15) is 0 Å². The molecule has 3 rings (SSSR count). The van der Waals surface area contributed by atoms with Crippen molar-refractivity contribution >= 4 is 16.8 Å². The van der Waals surface area contributed by atoms with E-state index in [2.05, 4.69) is 13.8 Å². The van der Waals surface area contributed by atoms with Crippen LogP contribution in [0.15, 0.2) is 53.3 Å². The van der Waals surface area contributed by atoms with E-state index in [4.69, 9.17) is 9.72 Å². The predicted molar refractivity (Wildman–Crippen MR) is 137 cm³/mol. The quantitative estimate of drug-likeness (QED) is 0.335. The first-order valence-electron chi connectivity index (χ1n) is 12.4. The minimum Gasteiger partial charge on any atom is -0.383 e. The van der Waals surface area contributed by atoms with Gasteiger partial charge in [0.25, 0.3) is 5.56 Å². The van der Waals surface area contributed by atoms with Crippen LogP contribution in [-0.2, 0) is 16.0 Å². The van der Waals surface area contributed by atoms with Crippen LogP contribution in [0.5, 0.6) is 0 Å². The summed E-state index contributed by atoms with van der Waals surface area (Å²) >= 11 is 0. The SMILES string of the molecule is CCCCCCC(=O)N(CCOC)C(C)c1nc2ccccc2c(=O)n1-c1ccccc1CC. The van der Waals surface area contributed by atoms with E-state index in [1.807, 2.05) is 60.4 Å². The van der Waals surface area contributed by atoms with Crippen molar-refractivity contribution in [1.82, 2.24) is 14.5 Å². The van der Waals surface area contributed by atoms with Gasteiger partial charge in [-0.05, 0) is 43.5 Å². The number of benzene rings is 2. The molecule has 0 saturated carbocycles. The van der Waals surface area contributed by atoms with E-state index in [0.29, 0.717) is 36.3 Å². The van der Waals surface area contributed by atoms with Crippen LogP contribution < -0.4 is 5.56 Å². The van der Waals surface area contributed by atoms with Crippen molar-refractivity contribution in [3.05, 3.63) is 70.3 Å². The fraction of sp³-hybridized carbons (Fsp3) is 0.464. The second-order valence-electron chi connectivity index (χ2n) is 8.68. The monoisotopic (exact) mass is 463 g/mol. The van der Waals surface area contributed by atoms with Gasteiger partial charge in [0.05, 0.1) is 29.2 Å². The summed E-state index contributed by atoms with van der Waals surface area (Å²) in [5.74, 6) is 0.640. The number of fused-ring (bicyclic) bond motifs is 1. The number of para-hydroxylation sites is 2. The van der Waals surface area contributed by atoms with Crippen molar-refractivity contribution in [2.75, 3.05) is 20.3 Å². The molecule has 1 amide bonds. The molecule has 0 radical (unpaired) electrons. The summed E-state index contributed by atoms with van der Waals surface area (Å²) in [6, 6.07) is 14.9. The van der Waals surface area contributed by atoms with Crippen LogP contribution >= 0.6 is 0 Å². The molecule has 34 heavy (non-hydrogen) atoms. The number of hydrogen-bond donors (Lipinski definition) is 0. The summed E-state index contributed by atoms with van der Waals surface area (Å²) in [6.45, 7) is 7.07. The number of amides is 1. The molecule has 1 heterocycles. The summed E-state index contributed by atoms with van der Waals surface area (Å²) < 4.78 is 7.02. The molecule has 0 aliphatic heterocycles. The lowest BCUT2D eigenvalue weighted by atomic mass is 10.1. The molecule has 1 atom stereocenters. The van der Waals surface area contributed by atoms with E-state index in [0.717, 1.165) is 43.4 Å². The first kappa shape index (κ1) is 25.6. The van der Waals surface area contributed by atoms with Crippen molar-refractivity contribution in [1.29, 1.82) is 0 Å². The lowest BCUT2D eigenvalue weighted by Crippen LogP contribution is -2.39. The summed E-state index contributed by atoms with van der Waals surface area (Å²) in [4.78, 5) is 33.8. The Kier molecular flexibility index (Phi) is 9.40. The van der Waals surface area contributed by atoms with Gasteiger partial charge in [-0.3, -0.25) is 14.2 Å². The molecule has 0 aliphatic rings. The van der Waals surface area contributed by atoms with Crippen LogP contribution in [0.1, 0.15) is 70.3 Å². The number of unbranched alkanes of at least 4 members (excludes halogenated alkanes) is 3. The maximum Gasteiger partial charge on any atom is 0.266 e. The second-order valence-corrected chi connectivity index (χ2v) is 8.68. The largest absolute Gasteiger partial charge is 0.383 e. The Morgan fingerprint density at radius 1 is 1.06 bits per heavy atom. The van der Waals surface area contributed by atoms with E-state index in [1.54, 1.807) is 11.7 Å². The number of rotatable bonds is 12. The molecular weight excluding hydrogens is 426 g/mol. The van der Waals surface area contributed by atoms with Crippen molar-refractivity contribution in [3.63, 3.8) is 0 Å².